The molecule has 0 saturated heterocycles. The van der Waals surface area contributed by atoms with Crippen LogP contribution in [0.1, 0.15) is 23.7 Å². The van der Waals surface area contributed by atoms with Crippen molar-refractivity contribution in [2.24, 2.45) is 0 Å². The topological polar surface area (TPSA) is 49.3 Å². The number of carbonyl (C=O) groups excluding carboxylic acids is 1. The second-order valence-electron chi connectivity index (χ2n) is 3.47. The largest absolute Gasteiger partial charge is 0.508 e. The van der Waals surface area contributed by atoms with Gasteiger partial charge in [-0.2, -0.15) is 11.8 Å². The van der Waals surface area contributed by atoms with Crippen LogP contribution in [0.3, 0.4) is 0 Å². The Morgan fingerprint density at radius 1 is 1.53 bits per heavy atom. The van der Waals surface area contributed by atoms with E-state index in [0.29, 0.717) is 17.1 Å². The van der Waals surface area contributed by atoms with E-state index in [0.717, 1.165) is 17.9 Å². The summed E-state index contributed by atoms with van der Waals surface area (Å²) in [7, 11) is 0. The number of benzene rings is 1. The van der Waals surface area contributed by atoms with Crippen molar-refractivity contribution in [2.75, 3.05) is 18.1 Å². The van der Waals surface area contributed by atoms with Crippen LogP contribution in [-0.2, 0) is 0 Å². The summed E-state index contributed by atoms with van der Waals surface area (Å²) in [6.07, 6.45) is 0.931. The number of halogens is 1. The molecule has 1 rings (SSSR count). The highest BCUT2D eigenvalue weighted by atomic mass is 35.5. The molecule has 0 fully saturated rings. The molecule has 0 spiro atoms. The first-order valence-corrected chi connectivity index (χ1v) is 7.03. The highest BCUT2D eigenvalue weighted by Crippen LogP contribution is 2.20. The van der Waals surface area contributed by atoms with Crippen LogP contribution in [0.5, 0.6) is 5.75 Å². The highest BCUT2D eigenvalue weighted by molar-refractivity contribution is 7.99. The Morgan fingerprint density at radius 2 is 2.29 bits per heavy atom. The van der Waals surface area contributed by atoms with Crippen LogP contribution in [0.2, 0.25) is 5.02 Å². The molecule has 1 aromatic carbocycles. The molecule has 94 valence electrons. The molecule has 0 atom stereocenters. The summed E-state index contributed by atoms with van der Waals surface area (Å²) in [5.74, 6) is 1.92. The van der Waals surface area contributed by atoms with E-state index in [9.17, 15) is 9.90 Å². The number of phenols is 1. The zero-order valence-corrected chi connectivity index (χ0v) is 11.3. The minimum absolute atomic E-state index is 0.0427. The second kappa shape index (κ2) is 7.45. The van der Waals surface area contributed by atoms with E-state index in [4.69, 9.17) is 11.6 Å². The van der Waals surface area contributed by atoms with Crippen LogP contribution in [0, 0.1) is 0 Å². The molecular weight excluding hydrogens is 258 g/mol. The summed E-state index contributed by atoms with van der Waals surface area (Å²) in [6, 6.07) is 4.34. The Morgan fingerprint density at radius 3 is 3.00 bits per heavy atom. The number of hydrogen-bond acceptors (Lipinski definition) is 3. The number of rotatable bonds is 6. The van der Waals surface area contributed by atoms with Gasteiger partial charge in [0.05, 0.1) is 10.6 Å². The van der Waals surface area contributed by atoms with Crippen molar-refractivity contribution < 1.29 is 9.90 Å². The van der Waals surface area contributed by atoms with Crippen LogP contribution < -0.4 is 5.32 Å². The zero-order chi connectivity index (χ0) is 12.7. The minimum Gasteiger partial charge on any atom is -0.508 e. The molecule has 5 heteroatoms. The van der Waals surface area contributed by atoms with Gasteiger partial charge in [-0.05, 0) is 36.1 Å². The maximum Gasteiger partial charge on any atom is 0.252 e. The first-order chi connectivity index (χ1) is 8.15. The monoisotopic (exact) mass is 273 g/mol. The summed E-state index contributed by atoms with van der Waals surface area (Å²) in [5, 5.41) is 12.4. The first-order valence-electron chi connectivity index (χ1n) is 5.49. The molecule has 0 aromatic heterocycles. The SMILES string of the molecule is CCSCCCNC(=O)c1cc(O)ccc1Cl. The van der Waals surface area contributed by atoms with Gasteiger partial charge in [-0.3, -0.25) is 4.79 Å². The average Bonchev–Trinajstić information content (AvgIpc) is 2.32. The maximum absolute atomic E-state index is 11.7. The number of aromatic hydroxyl groups is 1. The summed E-state index contributed by atoms with van der Waals surface area (Å²) < 4.78 is 0. The van der Waals surface area contributed by atoms with Gasteiger partial charge in [-0.1, -0.05) is 18.5 Å². The van der Waals surface area contributed by atoms with E-state index in [1.165, 1.54) is 18.2 Å². The van der Waals surface area contributed by atoms with Crippen LogP contribution >= 0.6 is 23.4 Å². The van der Waals surface area contributed by atoms with Gasteiger partial charge in [0.25, 0.3) is 5.91 Å². The molecule has 0 unspecified atom stereocenters. The van der Waals surface area contributed by atoms with Crippen LogP contribution in [-0.4, -0.2) is 29.1 Å². The zero-order valence-electron chi connectivity index (χ0n) is 9.70. The predicted octanol–water partition coefficient (Wildman–Crippen LogP) is 2.92. The fourth-order valence-corrected chi connectivity index (χ4v) is 2.14. The number of phenolic OH excluding ortho intramolecular Hbond substituents is 1. The molecule has 0 aliphatic heterocycles. The van der Waals surface area contributed by atoms with E-state index in [-0.39, 0.29) is 11.7 Å². The Labute approximate surface area is 111 Å². The Balaban J connectivity index is 2.44. The normalized spacial score (nSPS) is 10.2. The summed E-state index contributed by atoms with van der Waals surface area (Å²) in [4.78, 5) is 11.7. The third-order valence-electron chi connectivity index (χ3n) is 2.15. The van der Waals surface area contributed by atoms with Crippen molar-refractivity contribution in [3.63, 3.8) is 0 Å². The summed E-state index contributed by atoms with van der Waals surface area (Å²) in [6.45, 7) is 2.73. The van der Waals surface area contributed by atoms with Gasteiger partial charge in [0.15, 0.2) is 0 Å². The molecule has 0 aliphatic rings. The van der Waals surface area contributed by atoms with Crippen LogP contribution in [0.4, 0.5) is 0 Å². The van der Waals surface area contributed by atoms with Crippen molar-refractivity contribution in [2.45, 2.75) is 13.3 Å². The average molecular weight is 274 g/mol. The van der Waals surface area contributed by atoms with E-state index in [1.54, 1.807) is 0 Å². The fourth-order valence-electron chi connectivity index (χ4n) is 1.30. The molecular formula is C12H16ClNO2S. The molecule has 0 heterocycles. The smallest absolute Gasteiger partial charge is 0.252 e. The lowest BCUT2D eigenvalue weighted by Gasteiger charge is -2.06. The lowest BCUT2D eigenvalue weighted by molar-refractivity contribution is 0.0953. The Kier molecular flexibility index (Phi) is 6.22. The molecule has 2 N–H and O–H groups in total. The number of hydrogen-bond donors (Lipinski definition) is 2. The lowest BCUT2D eigenvalue weighted by atomic mass is 10.2. The van der Waals surface area contributed by atoms with Crippen molar-refractivity contribution in [1.82, 2.24) is 5.32 Å². The lowest BCUT2D eigenvalue weighted by Crippen LogP contribution is -2.25. The molecule has 0 aliphatic carbocycles. The summed E-state index contributed by atoms with van der Waals surface area (Å²) in [5.41, 5.74) is 0.315. The molecule has 0 bridgehead atoms. The van der Waals surface area contributed by atoms with Gasteiger partial charge in [-0.15, -0.1) is 0 Å². The highest BCUT2D eigenvalue weighted by Gasteiger charge is 2.10. The first kappa shape index (κ1) is 14.2. The third kappa shape index (κ3) is 4.88. The van der Waals surface area contributed by atoms with Gasteiger partial charge in [0, 0.05) is 6.54 Å². The number of amides is 1. The van der Waals surface area contributed by atoms with Gasteiger partial charge < -0.3 is 10.4 Å². The van der Waals surface area contributed by atoms with Crippen molar-refractivity contribution in [1.29, 1.82) is 0 Å². The molecule has 0 saturated carbocycles. The Hall–Kier alpha value is -0.870. The quantitative estimate of drug-likeness (QED) is 0.784. The van der Waals surface area contributed by atoms with Crippen LogP contribution in [0.15, 0.2) is 18.2 Å². The standard InChI is InChI=1S/C12H16ClNO2S/c1-2-17-7-3-6-14-12(16)10-8-9(15)4-5-11(10)13/h4-5,8,15H,2-3,6-7H2,1H3,(H,14,16). The number of carbonyl (C=O) groups is 1. The van der Waals surface area contributed by atoms with E-state index >= 15 is 0 Å². The van der Waals surface area contributed by atoms with Gasteiger partial charge in [0.1, 0.15) is 5.75 Å². The van der Waals surface area contributed by atoms with Crippen molar-refractivity contribution >= 4 is 29.3 Å². The second-order valence-corrected chi connectivity index (χ2v) is 5.27. The van der Waals surface area contributed by atoms with Crippen molar-refractivity contribution in [3.05, 3.63) is 28.8 Å². The summed E-state index contributed by atoms with van der Waals surface area (Å²) >= 11 is 7.72. The maximum atomic E-state index is 11.7. The van der Waals surface area contributed by atoms with Gasteiger partial charge in [-0.25, -0.2) is 0 Å². The van der Waals surface area contributed by atoms with Crippen molar-refractivity contribution in [3.8, 4) is 5.75 Å². The van der Waals surface area contributed by atoms with Gasteiger partial charge >= 0.3 is 0 Å². The molecule has 17 heavy (non-hydrogen) atoms. The predicted molar refractivity (Wildman–Crippen MR) is 73.1 cm³/mol. The molecule has 0 radical (unpaired) electrons. The van der Waals surface area contributed by atoms with E-state index in [2.05, 4.69) is 12.2 Å². The molecule has 1 amide bonds. The number of nitrogens with one attached hydrogen (secondary N) is 1. The number of thioether (sulfide) groups is 1. The fraction of sp³-hybridized carbons (Fsp3) is 0.417. The van der Waals surface area contributed by atoms with Crippen LogP contribution in [0.25, 0.3) is 0 Å². The van der Waals surface area contributed by atoms with E-state index < -0.39 is 0 Å². The molecule has 1 aromatic rings. The van der Waals surface area contributed by atoms with E-state index in [1.807, 2.05) is 11.8 Å². The minimum atomic E-state index is -0.243. The third-order valence-corrected chi connectivity index (χ3v) is 3.46. The molecule has 3 nitrogen and oxygen atoms in total. The Bertz CT molecular complexity index is 385. The van der Waals surface area contributed by atoms with Gasteiger partial charge in [0.2, 0.25) is 0 Å².